The molecule has 0 saturated heterocycles. The van der Waals surface area contributed by atoms with Crippen molar-refractivity contribution in [3.8, 4) is 0 Å². The Labute approximate surface area is 145 Å². The van der Waals surface area contributed by atoms with Gasteiger partial charge in [-0.15, -0.1) is 0 Å². The van der Waals surface area contributed by atoms with Gasteiger partial charge in [0.2, 0.25) is 5.91 Å². The highest BCUT2D eigenvalue weighted by atomic mass is 16.5. The van der Waals surface area contributed by atoms with Crippen LogP contribution in [0.3, 0.4) is 0 Å². The molecule has 3 rings (SSSR count). The van der Waals surface area contributed by atoms with Gasteiger partial charge < -0.3 is 20.1 Å². The molecule has 7 nitrogen and oxygen atoms in total. The summed E-state index contributed by atoms with van der Waals surface area (Å²) < 4.78 is 4.90. The minimum atomic E-state index is -1.45. The van der Waals surface area contributed by atoms with Crippen LogP contribution in [0.4, 0.5) is 11.4 Å². The minimum absolute atomic E-state index is 0.0101. The fourth-order valence-corrected chi connectivity index (χ4v) is 3.36. The van der Waals surface area contributed by atoms with Crippen LogP contribution in [0.15, 0.2) is 30.4 Å². The lowest BCUT2D eigenvalue weighted by atomic mass is 9.84. The molecule has 0 spiro atoms. The van der Waals surface area contributed by atoms with Crippen LogP contribution in [0.1, 0.15) is 18.4 Å². The van der Waals surface area contributed by atoms with Crippen molar-refractivity contribution in [1.82, 2.24) is 0 Å². The monoisotopic (exact) mass is 344 g/mol. The molecular weight excluding hydrogens is 324 g/mol. The van der Waals surface area contributed by atoms with Gasteiger partial charge in [-0.1, -0.05) is 18.2 Å². The highest BCUT2D eigenvalue weighted by molar-refractivity contribution is 6.10. The Kier molecular flexibility index (Phi) is 4.59. The molecule has 1 heterocycles. The van der Waals surface area contributed by atoms with E-state index in [4.69, 9.17) is 4.74 Å². The molecule has 0 bridgehead atoms. The molecule has 1 aromatic carbocycles. The lowest BCUT2D eigenvalue weighted by Crippen LogP contribution is -2.41. The summed E-state index contributed by atoms with van der Waals surface area (Å²) in [5.74, 6) is -1.80. The summed E-state index contributed by atoms with van der Waals surface area (Å²) in [4.78, 5) is 38.0. The van der Waals surface area contributed by atoms with E-state index in [2.05, 4.69) is 5.32 Å². The number of amides is 2. The first kappa shape index (κ1) is 17.2. The smallest absolute Gasteiger partial charge is 0.319 e. The second-order valence-corrected chi connectivity index (χ2v) is 6.25. The Morgan fingerprint density at radius 3 is 2.64 bits per heavy atom. The van der Waals surface area contributed by atoms with Crippen LogP contribution in [-0.2, 0) is 25.5 Å². The minimum Gasteiger partial charge on any atom is -0.480 e. The normalized spacial score (nSPS) is 17.4. The van der Waals surface area contributed by atoms with Crippen molar-refractivity contribution in [3.05, 3.63) is 35.9 Å². The van der Waals surface area contributed by atoms with Gasteiger partial charge in [0.25, 0.3) is 5.91 Å². The number of methoxy groups -OCH3 is 1. The van der Waals surface area contributed by atoms with Gasteiger partial charge in [-0.2, -0.15) is 0 Å². The number of benzene rings is 1. The van der Waals surface area contributed by atoms with Crippen LogP contribution in [0.2, 0.25) is 0 Å². The number of rotatable bonds is 5. The average molecular weight is 344 g/mol. The highest BCUT2D eigenvalue weighted by Crippen LogP contribution is 2.38. The molecule has 0 radical (unpaired) electrons. The maximum atomic E-state index is 12.7. The number of carboxylic acid groups (broad SMARTS) is 1. The van der Waals surface area contributed by atoms with Crippen LogP contribution in [-0.4, -0.2) is 43.2 Å². The summed E-state index contributed by atoms with van der Waals surface area (Å²) in [5.41, 5.74) is 0.677. The summed E-state index contributed by atoms with van der Waals surface area (Å²) in [5, 5.41) is 12.3. The van der Waals surface area contributed by atoms with Crippen LogP contribution in [0.25, 0.3) is 0 Å². The fourth-order valence-electron chi connectivity index (χ4n) is 3.36. The van der Waals surface area contributed by atoms with Crippen molar-refractivity contribution in [3.63, 3.8) is 0 Å². The Morgan fingerprint density at radius 1 is 1.28 bits per heavy atom. The number of carbonyl (C=O) groups excluding carboxylic acids is 2. The van der Waals surface area contributed by atoms with E-state index in [1.807, 2.05) is 6.07 Å². The van der Waals surface area contributed by atoms with E-state index >= 15 is 0 Å². The molecule has 2 amide bonds. The summed E-state index contributed by atoms with van der Waals surface area (Å²) in [6.45, 7) is 0.500. The van der Waals surface area contributed by atoms with Crippen LogP contribution < -0.4 is 10.2 Å². The van der Waals surface area contributed by atoms with Crippen molar-refractivity contribution < 1.29 is 24.2 Å². The standard InChI is InChI=1S/C18H20N2O5/c1-25-11-15(21)20-10-7-12-13(5-4-6-14(12)20)19-16(22)18(17(23)24)8-2-3-9-18/h2-6H,7-11H2,1H3,(H,19,22)(H,23,24). The number of carboxylic acids is 1. The summed E-state index contributed by atoms with van der Waals surface area (Å²) in [6, 6.07) is 5.29. The van der Waals surface area contributed by atoms with E-state index < -0.39 is 17.3 Å². The Morgan fingerprint density at radius 2 is 2.00 bits per heavy atom. The molecule has 7 heteroatoms. The second kappa shape index (κ2) is 6.68. The summed E-state index contributed by atoms with van der Waals surface area (Å²) >= 11 is 0. The number of hydrogen-bond acceptors (Lipinski definition) is 4. The van der Waals surface area contributed by atoms with E-state index in [-0.39, 0.29) is 25.4 Å². The van der Waals surface area contributed by atoms with Gasteiger partial charge in [-0.25, -0.2) is 0 Å². The predicted octanol–water partition coefficient (Wildman–Crippen LogP) is 1.58. The largest absolute Gasteiger partial charge is 0.480 e. The molecule has 1 aliphatic heterocycles. The van der Waals surface area contributed by atoms with E-state index in [0.29, 0.717) is 18.7 Å². The molecule has 0 fully saturated rings. The topological polar surface area (TPSA) is 95.9 Å². The quantitative estimate of drug-likeness (QED) is 0.624. The third-order valence-electron chi connectivity index (χ3n) is 4.79. The fraction of sp³-hybridized carbons (Fsp3) is 0.389. The molecule has 2 N–H and O–H groups in total. The van der Waals surface area contributed by atoms with Crippen molar-refractivity contribution in [2.24, 2.45) is 5.41 Å². The number of carbonyl (C=O) groups is 3. The summed E-state index contributed by atoms with van der Waals surface area (Å²) in [6.07, 6.45) is 4.39. The number of aliphatic carboxylic acids is 1. The predicted molar refractivity (Wildman–Crippen MR) is 91.4 cm³/mol. The lowest BCUT2D eigenvalue weighted by Gasteiger charge is -2.23. The maximum Gasteiger partial charge on any atom is 0.319 e. The Hall–Kier alpha value is -2.67. The van der Waals surface area contributed by atoms with Crippen LogP contribution in [0.5, 0.6) is 0 Å². The highest BCUT2D eigenvalue weighted by Gasteiger charge is 2.46. The molecule has 25 heavy (non-hydrogen) atoms. The number of fused-ring (bicyclic) bond motifs is 1. The SMILES string of the molecule is COCC(=O)N1CCc2c(NC(=O)C3(C(=O)O)CC=CC3)cccc21. The molecule has 0 atom stereocenters. The molecule has 0 aromatic heterocycles. The van der Waals surface area contributed by atoms with E-state index in [9.17, 15) is 19.5 Å². The lowest BCUT2D eigenvalue weighted by molar-refractivity contribution is -0.153. The van der Waals surface area contributed by atoms with Crippen LogP contribution in [0, 0.1) is 5.41 Å². The van der Waals surface area contributed by atoms with Crippen molar-refractivity contribution in [1.29, 1.82) is 0 Å². The van der Waals surface area contributed by atoms with Gasteiger partial charge in [0.15, 0.2) is 5.41 Å². The zero-order valence-electron chi connectivity index (χ0n) is 13.9. The number of allylic oxidation sites excluding steroid dienone is 2. The van der Waals surface area contributed by atoms with Crippen molar-refractivity contribution in [2.45, 2.75) is 19.3 Å². The van der Waals surface area contributed by atoms with Gasteiger partial charge in [0, 0.05) is 30.6 Å². The maximum absolute atomic E-state index is 12.7. The Balaban J connectivity index is 1.85. The van der Waals surface area contributed by atoms with Gasteiger partial charge in [0.1, 0.15) is 6.61 Å². The summed E-state index contributed by atoms with van der Waals surface area (Å²) in [7, 11) is 1.46. The first-order chi connectivity index (χ1) is 12.0. The van der Waals surface area contributed by atoms with Gasteiger partial charge in [0.05, 0.1) is 0 Å². The molecule has 1 aliphatic carbocycles. The van der Waals surface area contributed by atoms with Crippen molar-refractivity contribution >= 4 is 29.2 Å². The third kappa shape index (κ3) is 2.91. The first-order valence-electron chi connectivity index (χ1n) is 8.10. The number of ether oxygens (including phenoxy) is 1. The molecule has 2 aliphatic rings. The number of anilines is 2. The number of hydrogen-bond donors (Lipinski definition) is 2. The third-order valence-corrected chi connectivity index (χ3v) is 4.79. The van der Waals surface area contributed by atoms with E-state index in [1.165, 1.54) is 7.11 Å². The first-order valence-corrected chi connectivity index (χ1v) is 8.10. The number of nitrogens with one attached hydrogen (secondary N) is 1. The second-order valence-electron chi connectivity index (χ2n) is 6.25. The Bertz CT molecular complexity index is 748. The van der Waals surface area contributed by atoms with Crippen molar-refractivity contribution in [2.75, 3.05) is 30.5 Å². The molecule has 0 unspecified atom stereocenters. The van der Waals surface area contributed by atoms with Gasteiger partial charge in [-0.3, -0.25) is 14.4 Å². The van der Waals surface area contributed by atoms with Crippen LogP contribution >= 0.6 is 0 Å². The zero-order valence-corrected chi connectivity index (χ0v) is 13.9. The zero-order chi connectivity index (χ0) is 18.0. The molecule has 1 aromatic rings. The average Bonchev–Trinajstić information content (AvgIpc) is 3.23. The van der Waals surface area contributed by atoms with Gasteiger partial charge in [-0.05, 0) is 31.4 Å². The number of nitrogens with zero attached hydrogens (tertiary/aromatic N) is 1. The van der Waals surface area contributed by atoms with E-state index in [1.54, 1.807) is 29.2 Å². The molecule has 0 saturated carbocycles. The molecule has 132 valence electrons. The molecular formula is C18H20N2O5. The van der Waals surface area contributed by atoms with E-state index in [0.717, 1.165) is 11.3 Å². The van der Waals surface area contributed by atoms with Gasteiger partial charge >= 0.3 is 5.97 Å².